The van der Waals surface area contributed by atoms with Crippen molar-refractivity contribution >= 4 is 5.57 Å². The lowest BCUT2D eigenvalue weighted by Gasteiger charge is -2.47. The van der Waals surface area contributed by atoms with E-state index < -0.39 is 5.41 Å². The molecule has 0 amide bonds. The zero-order chi connectivity index (χ0) is 39.4. The van der Waals surface area contributed by atoms with Gasteiger partial charge in [0, 0.05) is 22.1 Å². The molecule has 0 saturated carbocycles. The molecule has 2 aliphatic rings. The lowest BCUT2D eigenvalue weighted by Crippen LogP contribution is -2.40. The van der Waals surface area contributed by atoms with Gasteiger partial charge in [-0.2, -0.15) is 0 Å². The van der Waals surface area contributed by atoms with Crippen LogP contribution in [-0.2, 0) is 10.8 Å². The Balaban J connectivity index is 1.10. The van der Waals surface area contributed by atoms with Gasteiger partial charge in [-0.15, -0.1) is 0 Å². The monoisotopic (exact) mass is 744 g/mol. The van der Waals surface area contributed by atoms with Crippen molar-refractivity contribution in [2.45, 2.75) is 38.5 Å². The normalized spacial score (nSPS) is 14.7. The molecule has 2 heteroatoms. The molecule has 0 bridgehead atoms. The minimum atomic E-state index is -0.396. The molecule has 58 heavy (non-hydrogen) atoms. The van der Waals surface area contributed by atoms with Crippen LogP contribution in [0.2, 0.25) is 0 Å². The molecule has 278 valence electrons. The Hall–Kier alpha value is -6.90. The third-order valence-electron chi connectivity index (χ3n) is 12.6. The molecule has 1 heterocycles. The standard InChI is InChI=1S/C56H44N2/c1-5-17-44-37(2)56(48-25-14-12-23-46(48)55(3,4)47-24-13-15-26-49(47)56)50-27-16-22-45(53(44)50)40-30-32-42(33-31-40)52-36-51(41-20-10-7-11-21-41)57-54(58-52)43-34-28-39(29-35-43)38-18-8-6-9-19-38/h5-36H,1-4H3/b17-5-. The topological polar surface area (TPSA) is 25.8 Å². The molecule has 1 spiro atoms. The second-order valence-electron chi connectivity index (χ2n) is 16.1. The van der Waals surface area contributed by atoms with Crippen LogP contribution in [0.5, 0.6) is 0 Å². The fourth-order valence-electron chi connectivity index (χ4n) is 9.80. The van der Waals surface area contributed by atoms with E-state index >= 15 is 0 Å². The molecule has 0 radical (unpaired) electrons. The summed E-state index contributed by atoms with van der Waals surface area (Å²) in [5.41, 5.74) is 20.0. The lowest BCUT2D eigenvalue weighted by atomic mass is 9.55. The Labute approximate surface area is 342 Å². The van der Waals surface area contributed by atoms with E-state index in [4.69, 9.17) is 9.97 Å². The fourth-order valence-corrected chi connectivity index (χ4v) is 9.80. The highest BCUT2D eigenvalue weighted by Gasteiger charge is 2.53. The first-order chi connectivity index (χ1) is 28.4. The summed E-state index contributed by atoms with van der Waals surface area (Å²) in [6.45, 7) is 9.25. The molecule has 0 N–H and O–H groups in total. The van der Waals surface area contributed by atoms with Gasteiger partial charge in [-0.05, 0) is 86.7 Å². The maximum absolute atomic E-state index is 5.19. The number of hydrogen-bond acceptors (Lipinski definition) is 2. The van der Waals surface area contributed by atoms with Gasteiger partial charge in [0.1, 0.15) is 0 Å². The molecule has 0 atom stereocenters. The van der Waals surface area contributed by atoms with Crippen molar-refractivity contribution in [1.82, 2.24) is 9.97 Å². The number of rotatable bonds is 6. The second kappa shape index (κ2) is 13.9. The number of nitrogens with zero attached hydrogens (tertiary/aromatic N) is 2. The van der Waals surface area contributed by atoms with E-state index in [9.17, 15) is 0 Å². The van der Waals surface area contributed by atoms with Crippen molar-refractivity contribution in [3.63, 3.8) is 0 Å². The molecule has 2 nitrogen and oxygen atoms in total. The molecule has 10 rings (SSSR count). The van der Waals surface area contributed by atoms with Crippen molar-refractivity contribution in [3.05, 3.63) is 233 Å². The number of fused-ring (bicyclic) bond motifs is 6. The van der Waals surface area contributed by atoms with Crippen molar-refractivity contribution in [2.24, 2.45) is 0 Å². The largest absolute Gasteiger partial charge is 0.228 e. The molecule has 1 aromatic heterocycles. The zero-order valence-electron chi connectivity index (χ0n) is 33.4. The van der Waals surface area contributed by atoms with Crippen LogP contribution in [0.3, 0.4) is 0 Å². The van der Waals surface area contributed by atoms with Gasteiger partial charge >= 0.3 is 0 Å². The van der Waals surface area contributed by atoms with Gasteiger partial charge in [0.25, 0.3) is 0 Å². The van der Waals surface area contributed by atoms with E-state index in [2.05, 4.69) is 210 Å². The zero-order valence-corrected chi connectivity index (χ0v) is 33.4. The predicted octanol–water partition coefficient (Wildman–Crippen LogP) is 14.1. The Kier molecular flexibility index (Phi) is 8.53. The fraction of sp³-hybridized carbons (Fsp3) is 0.107. The molecular weight excluding hydrogens is 701 g/mol. The van der Waals surface area contributed by atoms with Crippen LogP contribution in [0.15, 0.2) is 200 Å². The minimum Gasteiger partial charge on any atom is -0.228 e. The summed E-state index contributed by atoms with van der Waals surface area (Å²) in [6, 6.07) is 65.7. The molecule has 0 saturated heterocycles. The van der Waals surface area contributed by atoms with Crippen LogP contribution in [0.25, 0.3) is 61.7 Å². The van der Waals surface area contributed by atoms with Crippen LogP contribution in [0, 0.1) is 0 Å². The maximum Gasteiger partial charge on any atom is 0.160 e. The van der Waals surface area contributed by atoms with Crippen LogP contribution in [-0.4, -0.2) is 9.97 Å². The van der Waals surface area contributed by atoms with Crippen LogP contribution < -0.4 is 0 Å². The van der Waals surface area contributed by atoms with E-state index in [0.717, 1.165) is 28.1 Å². The second-order valence-corrected chi connectivity index (χ2v) is 16.1. The quantitative estimate of drug-likeness (QED) is 0.169. The highest BCUT2D eigenvalue weighted by Crippen LogP contribution is 2.62. The third kappa shape index (κ3) is 5.47. The van der Waals surface area contributed by atoms with Gasteiger partial charge in [-0.3, -0.25) is 0 Å². The van der Waals surface area contributed by atoms with Gasteiger partial charge in [0.2, 0.25) is 0 Å². The Morgan fingerprint density at radius 3 is 1.47 bits per heavy atom. The Morgan fingerprint density at radius 2 is 0.879 bits per heavy atom. The van der Waals surface area contributed by atoms with Gasteiger partial charge in [0.15, 0.2) is 5.82 Å². The molecule has 8 aromatic rings. The summed E-state index contributed by atoms with van der Waals surface area (Å²) in [5.74, 6) is 0.707. The first-order valence-corrected chi connectivity index (χ1v) is 20.3. The van der Waals surface area contributed by atoms with Crippen LogP contribution in [0.4, 0.5) is 0 Å². The van der Waals surface area contributed by atoms with E-state index in [1.807, 2.05) is 12.1 Å². The summed E-state index contributed by atoms with van der Waals surface area (Å²) in [6.07, 6.45) is 4.52. The average Bonchev–Trinajstić information content (AvgIpc) is 3.53. The molecule has 0 unspecified atom stereocenters. The molecule has 7 aromatic carbocycles. The van der Waals surface area contributed by atoms with Gasteiger partial charge in [0.05, 0.1) is 16.8 Å². The van der Waals surface area contributed by atoms with Gasteiger partial charge < -0.3 is 0 Å². The van der Waals surface area contributed by atoms with E-state index in [0.29, 0.717) is 5.82 Å². The molecule has 0 fully saturated rings. The molecule has 2 aliphatic carbocycles. The van der Waals surface area contributed by atoms with Crippen LogP contribution in [0.1, 0.15) is 61.1 Å². The number of hydrogen-bond donors (Lipinski definition) is 0. The summed E-state index contributed by atoms with van der Waals surface area (Å²) in [5, 5.41) is 0. The SMILES string of the molecule is C/C=C\C1=C(C)C2(c3ccccc3C(C)(C)c3ccccc32)c2cccc(-c3ccc(-c4cc(-c5ccccc5)nc(-c5ccc(-c6ccccc6)cc5)n4)cc3)c21. The lowest BCUT2D eigenvalue weighted by molar-refractivity contribution is 0.558. The van der Waals surface area contributed by atoms with E-state index in [1.165, 1.54) is 66.8 Å². The maximum atomic E-state index is 5.19. The summed E-state index contributed by atoms with van der Waals surface area (Å²) in [7, 11) is 0. The van der Waals surface area contributed by atoms with Crippen LogP contribution >= 0.6 is 0 Å². The first-order valence-electron chi connectivity index (χ1n) is 20.3. The van der Waals surface area contributed by atoms with Crippen molar-refractivity contribution in [2.75, 3.05) is 0 Å². The van der Waals surface area contributed by atoms with Gasteiger partial charge in [-0.1, -0.05) is 202 Å². The van der Waals surface area contributed by atoms with Crippen molar-refractivity contribution < 1.29 is 0 Å². The number of aromatic nitrogens is 2. The molecular formula is C56H44N2. The van der Waals surface area contributed by atoms with E-state index in [1.54, 1.807) is 0 Å². The number of allylic oxidation sites excluding steroid dienone is 4. The van der Waals surface area contributed by atoms with Crippen molar-refractivity contribution in [1.29, 1.82) is 0 Å². The summed E-state index contributed by atoms with van der Waals surface area (Å²) < 4.78 is 0. The number of benzene rings is 7. The summed E-state index contributed by atoms with van der Waals surface area (Å²) in [4.78, 5) is 10.3. The van der Waals surface area contributed by atoms with Gasteiger partial charge in [-0.25, -0.2) is 9.97 Å². The molecule has 0 aliphatic heterocycles. The van der Waals surface area contributed by atoms with Crippen molar-refractivity contribution in [3.8, 4) is 56.2 Å². The van der Waals surface area contributed by atoms with E-state index in [-0.39, 0.29) is 5.41 Å². The predicted molar refractivity (Wildman–Crippen MR) is 242 cm³/mol. The Bertz CT molecular complexity index is 2850. The first kappa shape index (κ1) is 35.5. The third-order valence-corrected chi connectivity index (χ3v) is 12.6. The Morgan fingerprint density at radius 1 is 0.431 bits per heavy atom. The average molecular weight is 745 g/mol. The summed E-state index contributed by atoms with van der Waals surface area (Å²) >= 11 is 0. The minimum absolute atomic E-state index is 0.123. The highest BCUT2D eigenvalue weighted by atomic mass is 14.9. The highest BCUT2D eigenvalue weighted by molar-refractivity contribution is 5.97. The smallest absolute Gasteiger partial charge is 0.160 e.